The van der Waals surface area contributed by atoms with Crippen LogP contribution >= 0.6 is 23.5 Å². The molecule has 5 nitrogen and oxygen atoms in total. The van der Waals surface area contributed by atoms with Gasteiger partial charge in [-0.1, -0.05) is 24.3 Å². The van der Waals surface area contributed by atoms with E-state index in [-0.39, 0.29) is 25.0 Å². The second-order valence-corrected chi connectivity index (χ2v) is 9.05. The highest BCUT2D eigenvalue weighted by atomic mass is 32.2. The van der Waals surface area contributed by atoms with Crippen molar-refractivity contribution in [2.24, 2.45) is 0 Å². The van der Waals surface area contributed by atoms with E-state index in [1.807, 2.05) is 53.9 Å². The highest BCUT2D eigenvalue weighted by Crippen LogP contribution is 2.43. The molecule has 2 aliphatic heterocycles. The smallest absolute Gasteiger partial charge is 0.265 e. The minimum absolute atomic E-state index is 0.00821. The van der Waals surface area contributed by atoms with Crippen LogP contribution < -0.4 is 15.0 Å². The highest BCUT2D eigenvalue weighted by molar-refractivity contribution is 8.16. The predicted octanol–water partition coefficient (Wildman–Crippen LogP) is 3.92. The molecule has 2 aromatic carbocycles. The molecular weight excluding hydrogens is 380 g/mol. The molecule has 2 aromatic rings. The fraction of sp³-hybridized carbons (Fsp3) is 0.300. The van der Waals surface area contributed by atoms with E-state index in [0.717, 1.165) is 0 Å². The summed E-state index contributed by atoms with van der Waals surface area (Å²) in [5.74, 6) is 2.63. The third kappa shape index (κ3) is 4.25. The third-order valence-electron chi connectivity index (χ3n) is 4.41. The van der Waals surface area contributed by atoms with Crippen LogP contribution in [-0.4, -0.2) is 36.5 Å². The molecule has 1 N–H and O–H groups in total. The Kier molecular flexibility index (Phi) is 5.59. The normalized spacial score (nSPS) is 17.2. The van der Waals surface area contributed by atoms with Crippen LogP contribution in [0.15, 0.2) is 48.5 Å². The number of para-hydroxylation sites is 2. The number of hydrogen-bond acceptors (Lipinski definition) is 5. The topological polar surface area (TPSA) is 58.6 Å². The van der Waals surface area contributed by atoms with E-state index < -0.39 is 0 Å². The maximum atomic E-state index is 12.6. The molecular formula is C20H20N2O3S2. The van der Waals surface area contributed by atoms with Crippen LogP contribution in [0.4, 0.5) is 11.4 Å². The number of thioether (sulfide) groups is 2. The van der Waals surface area contributed by atoms with Crippen LogP contribution in [0.25, 0.3) is 0 Å². The largest absolute Gasteiger partial charge is 0.484 e. The summed E-state index contributed by atoms with van der Waals surface area (Å²) in [6.45, 7) is -0.0951. The van der Waals surface area contributed by atoms with Gasteiger partial charge in [0.2, 0.25) is 5.91 Å². The molecule has 4 rings (SSSR count). The molecule has 0 spiro atoms. The molecule has 0 unspecified atom stereocenters. The molecule has 1 fully saturated rings. The lowest BCUT2D eigenvalue weighted by molar-refractivity contribution is -0.123. The van der Waals surface area contributed by atoms with Crippen molar-refractivity contribution >= 4 is 46.7 Å². The molecule has 0 aliphatic carbocycles. The number of anilines is 2. The monoisotopic (exact) mass is 400 g/mol. The Hall–Kier alpha value is -2.12. The molecule has 140 valence electrons. The summed E-state index contributed by atoms with van der Waals surface area (Å²) >= 11 is 3.95. The Bertz CT molecular complexity index is 835. The number of amides is 2. The first-order valence-corrected chi connectivity index (χ1v) is 11.0. The number of nitrogens with zero attached hydrogens (tertiary/aromatic N) is 1. The van der Waals surface area contributed by atoms with Crippen LogP contribution in [-0.2, 0) is 9.59 Å². The minimum atomic E-state index is -0.236. The summed E-state index contributed by atoms with van der Waals surface area (Å²) in [5.41, 5.74) is 2.63. The zero-order chi connectivity index (χ0) is 18.6. The first-order chi connectivity index (χ1) is 13.2. The zero-order valence-electron chi connectivity index (χ0n) is 14.7. The molecule has 0 saturated carbocycles. The van der Waals surface area contributed by atoms with E-state index in [2.05, 4.69) is 17.4 Å². The quantitative estimate of drug-likeness (QED) is 0.843. The Morgan fingerprint density at radius 1 is 1.11 bits per heavy atom. The SMILES string of the molecule is O=C1CN(C(=O)COc2ccc(C3SCCCS3)cc2)c2ccccc2N1. The van der Waals surface area contributed by atoms with Crippen molar-refractivity contribution in [2.45, 2.75) is 11.0 Å². The van der Waals surface area contributed by atoms with Crippen LogP contribution in [0.3, 0.4) is 0 Å². The van der Waals surface area contributed by atoms with Gasteiger partial charge in [-0.25, -0.2) is 0 Å². The number of carbonyl (C=O) groups is 2. The molecule has 7 heteroatoms. The average molecular weight is 401 g/mol. The Morgan fingerprint density at radius 3 is 2.63 bits per heavy atom. The molecule has 0 atom stereocenters. The Balaban J connectivity index is 1.39. The van der Waals surface area contributed by atoms with E-state index >= 15 is 0 Å². The number of hydrogen-bond donors (Lipinski definition) is 1. The molecule has 0 bridgehead atoms. The molecule has 2 amide bonds. The van der Waals surface area contributed by atoms with Gasteiger partial charge in [-0.2, -0.15) is 0 Å². The highest BCUT2D eigenvalue weighted by Gasteiger charge is 2.26. The number of benzene rings is 2. The number of rotatable bonds is 4. The lowest BCUT2D eigenvalue weighted by atomic mass is 10.2. The predicted molar refractivity (Wildman–Crippen MR) is 112 cm³/mol. The van der Waals surface area contributed by atoms with Crippen molar-refractivity contribution in [1.29, 1.82) is 0 Å². The van der Waals surface area contributed by atoms with Gasteiger partial charge in [-0.15, -0.1) is 23.5 Å². The maximum Gasteiger partial charge on any atom is 0.265 e. The summed E-state index contributed by atoms with van der Waals surface area (Å²) in [6, 6.07) is 15.2. The van der Waals surface area contributed by atoms with Crippen LogP contribution in [0.1, 0.15) is 16.6 Å². The fourth-order valence-electron chi connectivity index (χ4n) is 3.08. The summed E-state index contributed by atoms with van der Waals surface area (Å²) in [4.78, 5) is 25.9. The van der Waals surface area contributed by atoms with Gasteiger partial charge < -0.3 is 10.1 Å². The molecule has 0 radical (unpaired) electrons. The van der Waals surface area contributed by atoms with Crippen LogP contribution in [0.2, 0.25) is 0 Å². The lowest BCUT2D eigenvalue weighted by Gasteiger charge is -2.29. The maximum absolute atomic E-state index is 12.6. The number of ether oxygens (including phenoxy) is 1. The first-order valence-electron chi connectivity index (χ1n) is 8.86. The fourth-order valence-corrected chi connectivity index (χ4v) is 5.97. The summed E-state index contributed by atoms with van der Waals surface area (Å²) in [6.07, 6.45) is 1.27. The van der Waals surface area contributed by atoms with Gasteiger partial charge in [0.25, 0.3) is 5.91 Å². The lowest BCUT2D eigenvalue weighted by Crippen LogP contribution is -2.44. The van der Waals surface area contributed by atoms with Gasteiger partial charge in [0, 0.05) is 0 Å². The molecule has 27 heavy (non-hydrogen) atoms. The van der Waals surface area contributed by atoms with Gasteiger partial charge in [0.15, 0.2) is 6.61 Å². The van der Waals surface area contributed by atoms with E-state index in [0.29, 0.717) is 21.7 Å². The zero-order valence-corrected chi connectivity index (χ0v) is 16.4. The minimum Gasteiger partial charge on any atom is -0.484 e. The Morgan fingerprint density at radius 2 is 1.85 bits per heavy atom. The van der Waals surface area contributed by atoms with Gasteiger partial charge in [0.05, 0.1) is 16.0 Å². The number of carbonyl (C=O) groups excluding carboxylic acids is 2. The second kappa shape index (κ2) is 8.27. The summed E-state index contributed by atoms with van der Waals surface area (Å²) in [7, 11) is 0. The van der Waals surface area contributed by atoms with Gasteiger partial charge in [-0.05, 0) is 47.8 Å². The number of nitrogens with one attached hydrogen (secondary N) is 1. The van der Waals surface area contributed by atoms with Crippen molar-refractivity contribution in [3.05, 3.63) is 54.1 Å². The van der Waals surface area contributed by atoms with E-state index in [9.17, 15) is 9.59 Å². The Labute approximate surface area is 166 Å². The van der Waals surface area contributed by atoms with E-state index in [1.54, 1.807) is 6.07 Å². The number of fused-ring (bicyclic) bond motifs is 1. The van der Waals surface area contributed by atoms with Crippen LogP contribution in [0.5, 0.6) is 5.75 Å². The molecule has 2 heterocycles. The van der Waals surface area contributed by atoms with E-state index in [4.69, 9.17) is 4.74 Å². The van der Waals surface area contributed by atoms with Crippen molar-refractivity contribution in [2.75, 3.05) is 34.9 Å². The third-order valence-corrected chi connectivity index (χ3v) is 7.43. The first kappa shape index (κ1) is 18.3. The van der Waals surface area contributed by atoms with Crippen molar-refractivity contribution in [3.63, 3.8) is 0 Å². The van der Waals surface area contributed by atoms with E-state index in [1.165, 1.54) is 28.4 Å². The standard InChI is InChI=1S/C20H20N2O3S2/c23-18-12-22(17-5-2-1-4-16(17)21-18)19(24)13-25-15-8-6-14(7-9-15)20-26-10-3-11-27-20/h1-2,4-9,20H,3,10-13H2,(H,21,23). The molecule has 1 saturated heterocycles. The van der Waals surface area contributed by atoms with Crippen LogP contribution in [0, 0.1) is 0 Å². The second-order valence-electron chi connectivity index (χ2n) is 6.33. The average Bonchev–Trinajstić information content (AvgIpc) is 2.72. The van der Waals surface area contributed by atoms with Crippen molar-refractivity contribution in [3.8, 4) is 5.75 Å². The molecule has 0 aromatic heterocycles. The molecule has 2 aliphatic rings. The van der Waals surface area contributed by atoms with Gasteiger partial charge in [-0.3, -0.25) is 14.5 Å². The van der Waals surface area contributed by atoms with Crippen molar-refractivity contribution in [1.82, 2.24) is 0 Å². The summed E-state index contributed by atoms with van der Waals surface area (Å²) in [5, 5.41) is 2.78. The van der Waals surface area contributed by atoms with Gasteiger partial charge in [0.1, 0.15) is 12.3 Å². The van der Waals surface area contributed by atoms with Crippen molar-refractivity contribution < 1.29 is 14.3 Å². The summed E-state index contributed by atoms with van der Waals surface area (Å²) < 4.78 is 6.16. The van der Waals surface area contributed by atoms with Gasteiger partial charge >= 0.3 is 0 Å².